The molecule has 2 atom stereocenters. The first-order valence-corrected chi connectivity index (χ1v) is 7.22. The molecule has 7 nitrogen and oxygen atoms in total. The number of nitrogens with one attached hydrogen (secondary N) is 2. The summed E-state index contributed by atoms with van der Waals surface area (Å²) < 4.78 is 38.0. The van der Waals surface area contributed by atoms with Crippen LogP contribution < -0.4 is 10.6 Å². The lowest BCUT2D eigenvalue weighted by molar-refractivity contribution is -0.141. The fourth-order valence-corrected chi connectivity index (χ4v) is 2.51. The summed E-state index contributed by atoms with van der Waals surface area (Å²) in [5, 5.41) is 5.51. The maximum atomic E-state index is 12.7. The number of aliphatic imine (C=N–C) groups is 3. The SMILES string of the molecule is C=NC1=CNC2C(C(=O)NCc3ccnc(C(F)(F)F)c3)=NC=NC12. The molecule has 2 N–H and O–H groups in total. The molecule has 0 aliphatic carbocycles. The topological polar surface area (TPSA) is 91.1 Å². The lowest BCUT2D eigenvalue weighted by Crippen LogP contribution is -2.48. The molecule has 10 heteroatoms. The van der Waals surface area contributed by atoms with Crippen molar-refractivity contribution in [2.75, 3.05) is 0 Å². The van der Waals surface area contributed by atoms with Gasteiger partial charge in [0, 0.05) is 18.9 Å². The van der Waals surface area contributed by atoms with Crippen LogP contribution in [0.15, 0.2) is 45.2 Å². The van der Waals surface area contributed by atoms with Crippen LogP contribution in [0, 0.1) is 0 Å². The van der Waals surface area contributed by atoms with Gasteiger partial charge in [-0.05, 0) is 24.4 Å². The predicted molar refractivity (Wildman–Crippen MR) is 85.4 cm³/mol. The molecule has 1 aromatic rings. The lowest BCUT2D eigenvalue weighted by Gasteiger charge is -2.21. The summed E-state index contributed by atoms with van der Waals surface area (Å²) >= 11 is 0. The summed E-state index contributed by atoms with van der Waals surface area (Å²) in [5.41, 5.74) is 0.0403. The van der Waals surface area contributed by atoms with Crippen LogP contribution in [0.4, 0.5) is 13.2 Å². The molecule has 25 heavy (non-hydrogen) atoms. The largest absolute Gasteiger partial charge is 0.433 e. The van der Waals surface area contributed by atoms with E-state index in [0.717, 1.165) is 12.3 Å². The van der Waals surface area contributed by atoms with Gasteiger partial charge in [0.05, 0.1) is 5.70 Å². The second-order valence-corrected chi connectivity index (χ2v) is 5.33. The highest BCUT2D eigenvalue weighted by atomic mass is 19.4. The monoisotopic (exact) mass is 350 g/mol. The number of rotatable bonds is 4. The average Bonchev–Trinajstić information content (AvgIpc) is 3.02. The number of alkyl halides is 3. The van der Waals surface area contributed by atoms with Gasteiger partial charge in [0.1, 0.15) is 29.8 Å². The number of pyridine rings is 1. The van der Waals surface area contributed by atoms with E-state index in [9.17, 15) is 18.0 Å². The number of halogens is 3. The van der Waals surface area contributed by atoms with Crippen LogP contribution in [0.25, 0.3) is 0 Å². The molecular formula is C15H13F3N6O. The van der Waals surface area contributed by atoms with E-state index >= 15 is 0 Å². The van der Waals surface area contributed by atoms with Gasteiger partial charge in [-0.1, -0.05) is 0 Å². The minimum atomic E-state index is -4.54. The summed E-state index contributed by atoms with van der Waals surface area (Å²) in [6.45, 7) is 3.35. The summed E-state index contributed by atoms with van der Waals surface area (Å²) in [7, 11) is 0. The van der Waals surface area contributed by atoms with Gasteiger partial charge in [-0.15, -0.1) is 0 Å². The quantitative estimate of drug-likeness (QED) is 0.796. The molecule has 0 saturated heterocycles. The zero-order valence-electron chi connectivity index (χ0n) is 12.8. The van der Waals surface area contributed by atoms with Crippen molar-refractivity contribution in [3.8, 4) is 0 Å². The van der Waals surface area contributed by atoms with E-state index < -0.39 is 29.9 Å². The number of hydrogen-bond donors (Lipinski definition) is 2. The first-order valence-electron chi connectivity index (χ1n) is 7.22. The smallest absolute Gasteiger partial charge is 0.379 e. The first-order chi connectivity index (χ1) is 11.9. The Morgan fingerprint density at radius 1 is 1.44 bits per heavy atom. The molecule has 0 spiro atoms. The van der Waals surface area contributed by atoms with Crippen molar-refractivity contribution in [1.82, 2.24) is 15.6 Å². The third-order valence-corrected chi connectivity index (χ3v) is 3.73. The second kappa shape index (κ2) is 6.46. The van der Waals surface area contributed by atoms with E-state index in [-0.39, 0.29) is 17.8 Å². The van der Waals surface area contributed by atoms with Crippen LogP contribution in [-0.2, 0) is 17.5 Å². The van der Waals surface area contributed by atoms with Gasteiger partial charge in [-0.3, -0.25) is 19.8 Å². The summed E-state index contributed by atoms with van der Waals surface area (Å²) in [6, 6.07) is 1.42. The van der Waals surface area contributed by atoms with Crippen molar-refractivity contribution in [1.29, 1.82) is 0 Å². The summed E-state index contributed by atoms with van der Waals surface area (Å²) in [5.74, 6) is -0.502. The summed E-state index contributed by atoms with van der Waals surface area (Å²) in [4.78, 5) is 27.6. The van der Waals surface area contributed by atoms with Crippen LogP contribution in [0.5, 0.6) is 0 Å². The summed E-state index contributed by atoms with van der Waals surface area (Å²) in [6.07, 6.45) is -0.622. The number of carbonyl (C=O) groups is 1. The zero-order chi connectivity index (χ0) is 18.0. The normalized spacial score (nSPS) is 21.7. The highest BCUT2D eigenvalue weighted by Crippen LogP contribution is 2.27. The number of hydrogen-bond acceptors (Lipinski definition) is 6. The minimum absolute atomic E-state index is 0.0853. The Balaban J connectivity index is 1.67. The molecule has 0 radical (unpaired) electrons. The number of amides is 1. The Hall–Kier alpha value is -3.04. The van der Waals surface area contributed by atoms with Gasteiger partial charge in [0.2, 0.25) is 0 Å². The molecular weight excluding hydrogens is 337 g/mol. The number of carbonyl (C=O) groups excluding carboxylic acids is 1. The molecule has 1 aromatic heterocycles. The molecule has 3 heterocycles. The van der Waals surface area contributed by atoms with Crippen LogP contribution in [-0.4, -0.2) is 41.7 Å². The highest BCUT2D eigenvalue weighted by molar-refractivity contribution is 6.42. The van der Waals surface area contributed by atoms with E-state index in [0.29, 0.717) is 5.70 Å². The van der Waals surface area contributed by atoms with Crippen LogP contribution in [0.3, 0.4) is 0 Å². The van der Waals surface area contributed by atoms with Gasteiger partial charge < -0.3 is 10.6 Å². The van der Waals surface area contributed by atoms with Crippen molar-refractivity contribution in [2.24, 2.45) is 15.0 Å². The van der Waals surface area contributed by atoms with Crippen molar-refractivity contribution < 1.29 is 18.0 Å². The van der Waals surface area contributed by atoms with Gasteiger partial charge in [0.15, 0.2) is 0 Å². The third kappa shape index (κ3) is 3.42. The highest BCUT2D eigenvalue weighted by Gasteiger charge is 2.37. The predicted octanol–water partition coefficient (Wildman–Crippen LogP) is 1.08. The van der Waals surface area contributed by atoms with Gasteiger partial charge in [0.25, 0.3) is 5.91 Å². The van der Waals surface area contributed by atoms with Crippen LogP contribution in [0.2, 0.25) is 0 Å². The number of aromatic nitrogens is 1. The average molecular weight is 350 g/mol. The molecule has 2 aliphatic heterocycles. The molecule has 0 aromatic carbocycles. The Bertz CT molecular complexity index is 799. The second-order valence-electron chi connectivity index (χ2n) is 5.33. The standard InChI is InChI=1S/C15H13F3N6O/c1-19-9-6-21-12-11(9)23-7-24-13(12)14(25)22-5-8-2-3-20-10(4-8)15(16,17)18/h2-4,6-7,11-12,21H,1,5H2,(H,22,25). The first kappa shape index (κ1) is 16.8. The molecule has 0 fully saturated rings. The van der Waals surface area contributed by atoms with Gasteiger partial charge in [-0.2, -0.15) is 13.2 Å². The fraction of sp³-hybridized carbons (Fsp3) is 0.267. The Kier molecular flexibility index (Phi) is 4.34. The number of fused-ring (bicyclic) bond motifs is 1. The molecule has 0 bridgehead atoms. The third-order valence-electron chi connectivity index (χ3n) is 3.73. The van der Waals surface area contributed by atoms with Crippen LogP contribution in [0.1, 0.15) is 11.3 Å². The zero-order valence-corrected chi connectivity index (χ0v) is 12.8. The Morgan fingerprint density at radius 2 is 2.24 bits per heavy atom. The van der Waals surface area contributed by atoms with Crippen molar-refractivity contribution >= 4 is 24.7 Å². The maximum Gasteiger partial charge on any atom is 0.433 e. The molecule has 1 amide bonds. The lowest BCUT2D eigenvalue weighted by atomic mass is 10.0. The number of nitrogens with zero attached hydrogens (tertiary/aromatic N) is 4. The molecule has 2 aliphatic rings. The van der Waals surface area contributed by atoms with Crippen molar-refractivity contribution in [3.05, 3.63) is 41.5 Å². The fourth-order valence-electron chi connectivity index (χ4n) is 2.51. The molecule has 3 rings (SSSR count). The Morgan fingerprint density at radius 3 is 2.96 bits per heavy atom. The van der Waals surface area contributed by atoms with Crippen LogP contribution >= 0.6 is 0 Å². The van der Waals surface area contributed by atoms with Crippen molar-refractivity contribution in [2.45, 2.75) is 24.8 Å². The van der Waals surface area contributed by atoms with E-state index in [4.69, 9.17) is 0 Å². The van der Waals surface area contributed by atoms with E-state index in [1.807, 2.05) is 0 Å². The van der Waals surface area contributed by atoms with Gasteiger partial charge in [-0.25, -0.2) is 4.99 Å². The van der Waals surface area contributed by atoms with E-state index in [1.165, 1.54) is 12.4 Å². The Labute approximate surface area is 140 Å². The minimum Gasteiger partial charge on any atom is -0.379 e. The van der Waals surface area contributed by atoms with Gasteiger partial charge >= 0.3 is 6.18 Å². The van der Waals surface area contributed by atoms with E-state index in [1.54, 1.807) is 6.20 Å². The molecule has 130 valence electrons. The molecule has 2 unspecified atom stereocenters. The van der Waals surface area contributed by atoms with Crippen molar-refractivity contribution in [3.63, 3.8) is 0 Å². The molecule has 0 saturated carbocycles. The van der Waals surface area contributed by atoms with E-state index in [2.05, 4.69) is 37.3 Å². The maximum absolute atomic E-state index is 12.7.